The number of hydrogen-bond donors (Lipinski definition) is 2. The lowest BCUT2D eigenvalue weighted by Crippen LogP contribution is -2.43. The highest BCUT2D eigenvalue weighted by Crippen LogP contribution is 2.29. The molecule has 0 atom stereocenters. The number of ether oxygens (including phenoxy) is 2. The third-order valence-electron chi connectivity index (χ3n) is 11.2. The highest BCUT2D eigenvalue weighted by atomic mass is 32.2. The smallest absolute Gasteiger partial charge is 0.340 e. The molecule has 2 fully saturated rings. The minimum Gasteiger partial charge on any atom is -0.462 e. The second kappa shape index (κ2) is 23.3. The van der Waals surface area contributed by atoms with Crippen LogP contribution in [0.3, 0.4) is 0 Å². The predicted molar refractivity (Wildman–Crippen MR) is 248 cm³/mol. The molecule has 0 spiro atoms. The van der Waals surface area contributed by atoms with Crippen LogP contribution in [0.4, 0.5) is 20.4 Å². The van der Waals surface area contributed by atoms with Crippen LogP contribution in [0, 0.1) is 66.9 Å². The number of aryl methyl sites for hydroxylation is 3. The topological polar surface area (TPSA) is 259 Å². The number of nitrogens with one attached hydrogen (secondary N) is 2. The number of benzene rings is 2. The summed E-state index contributed by atoms with van der Waals surface area (Å²) in [4.78, 5) is 62.0. The fraction of sp³-hybridized carbons (Fsp3) is 0.404. The van der Waals surface area contributed by atoms with Crippen LogP contribution in [0.15, 0.2) is 54.6 Å². The van der Waals surface area contributed by atoms with Crippen LogP contribution >= 0.6 is 0 Å². The number of sulfonamides is 2. The zero-order valence-electron chi connectivity index (χ0n) is 38.7. The number of rotatable bonds is 14. The fourth-order valence-corrected chi connectivity index (χ4v) is 10.1. The summed E-state index contributed by atoms with van der Waals surface area (Å²) in [5.74, 6) is -5.75. The second-order valence-electron chi connectivity index (χ2n) is 16.4. The number of carbonyl (C=O) groups excluding carboxylic acids is 4. The minimum atomic E-state index is -4.11. The van der Waals surface area contributed by atoms with Gasteiger partial charge in [0.25, 0.3) is 0 Å². The van der Waals surface area contributed by atoms with Crippen LogP contribution in [0.2, 0.25) is 0 Å². The summed E-state index contributed by atoms with van der Waals surface area (Å²) in [5.41, 5.74) is 3.32. The SMILES string of the molecule is CCOC(=O)c1cc(C#N)c(N2CCC(C(=O)NS(=O)(=O)Cc3ccc(F)c(F)c3)CC2)nc1C.CCOC(=O)c1cc(C#N)c(N2CCC(C(=O)NS(=O)(=O)Cc3cccc(C)c3)CC2)nc1C. The Kier molecular flexibility index (Phi) is 17.9. The first-order valence-electron chi connectivity index (χ1n) is 21.9. The number of nitriles is 2. The van der Waals surface area contributed by atoms with E-state index >= 15 is 0 Å². The lowest BCUT2D eigenvalue weighted by molar-refractivity contribution is -0.124. The molecule has 2 aromatic carbocycles. The average Bonchev–Trinajstić information content (AvgIpc) is 3.30. The van der Waals surface area contributed by atoms with Gasteiger partial charge in [0.1, 0.15) is 23.8 Å². The first kappa shape index (κ1) is 52.9. The van der Waals surface area contributed by atoms with Crippen LogP contribution in [0.1, 0.15) is 99.5 Å². The maximum absolute atomic E-state index is 13.3. The van der Waals surface area contributed by atoms with Gasteiger partial charge in [-0.3, -0.25) is 19.0 Å². The lowest BCUT2D eigenvalue weighted by Gasteiger charge is -2.32. The molecule has 0 radical (unpaired) electrons. The average molecular weight is 991 g/mol. The Bertz CT molecular complexity index is 2910. The third kappa shape index (κ3) is 14.2. The number of hydrogen-bond acceptors (Lipinski definition) is 16. The van der Waals surface area contributed by atoms with Gasteiger partial charge in [-0.1, -0.05) is 35.9 Å². The Morgan fingerprint density at radius 1 is 0.652 bits per heavy atom. The van der Waals surface area contributed by atoms with Crippen LogP contribution in [0.25, 0.3) is 0 Å². The molecule has 69 heavy (non-hydrogen) atoms. The second-order valence-corrected chi connectivity index (χ2v) is 19.8. The lowest BCUT2D eigenvalue weighted by atomic mass is 9.96. The molecule has 22 heteroatoms. The number of nitrogens with zero attached hydrogens (tertiary/aromatic N) is 6. The summed E-state index contributed by atoms with van der Waals surface area (Å²) in [5, 5.41) is 19.1. The molecule has 2 N–H and O–H groups in total. The van der Waals surface area contributed by atoms with Crippen molar-refractivity contribution in [1.29, 1.82) is 10.5 Å². The molecular weight excluding hydrogens is 939 g/mol. The van der Waals surface area contributed by atoms with Crippen molar-refractivity contribution in [3.05, 3.63) is 117 Å². The molecule has 0 aliphatic carbocycles. The highest BCUT2D eigenvalue weighted by Gasteiger charge is 2.32. The molecule has 0 unspecified atom stereocenters. The molecule has 4 heterocycles. The predicted octanol–water partition coefficient (Wildman–Crippen LogP) is 5.19. The largest absolute Gasteiger partial charge is 0.462 e. The van der Waals surface area contributed by atoms with Gasteiger partial charge in [0, 0.05) is 38.0 Å². The van der Waals surface area contributed by atoms with Gasteiger partial charge < -0.3 is 19.3 Å². The molecule has 4 aromatic rings. The first-order valence-corrected chi connectivity index (χ1v) is 25.2. The third-order valence-corrected chi connectivity index (χ3v) is 13.7. The Morgan fingerprint density at radius 3 is 1.45 bits per heavy atom. The molecule has 366 valence electrons. The zero-order valence-corrected chi connectivity index (χ0v) is 40.3. The van der Waals surface area contributed by atoms with E-state index in [1.54, 1.807) is 50.8 Å². The quantitative estimate of drug-likeness (QED) is 0.154. The summed E-state index contributed by atoms with van der Waals surface area (Å²) >= 11 is 0. The molecular formula is C47H52F2N8O10S2. The molecule has 18 nitrogen and oxygen atoms in total. The minimum absolute atomic E-state index is 0.00996. The normalized spacial score (nSPS) is 14.3. The Hall–Kier alpha value is -7.04. The Balaban J connectivity index is 0.000000258. The van der Waals surface area contributed by atoms with Crippen molar-refractivity contribution in [2.45, 2.75) is 71.8 Å². The van der Waals surface area contributed by atoms with Gasteiger partial charge in [-0.25, -0.2) is 45.2 Å². The highest BCUT2D eigenvalue weighted by molar-refractivity contribution is 7.89. The summed E-state index contributed by atoms with van der Waals surface area (Å²) < 4.78 is 90.3. The van der Waals surface area contributed by atoms with Gasteiger partial charge >= 0.3 is 11.9 Å². The van der Waals surface area contributed by atoms with Crippen LogP contribution in [-0.2, 0) is 50.6 Å². The molecule has 0 saturated carbocycles. The number of carbonyl (C=O) groups is 4. The van der Waals surface area contributed by atoms with Gasteiger partial charge in [-0.2, -0.15) is 10.5 Å². The molecule has 2 amide bonds. The van der Waals surface area contributed by atoms with E-state index in [4.69, 9.17) is 9.47 Å². The Labute approximate surface area is 399 Å². The maximum atomic E-state index is 13.3. The summed E-state index contributed by atoms with van der Waals surface area (Å²) in [6.07, 6.45) is 1.43. The number of halogens is 2. The van der Waals surface area contributed by atoms with E-state index in [0.717, 1.165) is 23.8 Å². The van der Waals surface area contributed by atoms with Crippen LogP contribution < -0.4 is 19.2 Å². The summed E-state index contributed by atoms with van der Waals surface area (Å²) in [7, 11) is -7.93. The number of anilines is 2. The first-order chi connectivity index (χ1) is 32.7. The fourth-order valence-electron chi connectivity index (χ4n) is 7.79. The number of amides is 2. The molecule has 2 aliphatic rings. The maximum Gasteiger partial charge on any atom is 0.340 e. The van der Waals surface area contributed by atoms with Crippen molar-refractivity contribution < 1.29 is 54.3 Å². The van der Waals surface area contributed by atoms with Crippen LogP contribution in [0.5, 0.6) is 0 Å². The van der Waals surface area contributed by atoms with Gasteiger partial charge in [0.2, 0.25) is 31.9 Å². The summed E-state index contributed by atoms with van der Waals surface area (Å²) in [6, 6.07) is 16.9. The van der Waals surface area contributed by atoms with Crippen molar-refractivity contribution >= 4 is 55.4 Å². The number of aromatic nitrogens is 2. The molecule has 2 aliphatic heterocycles. The molecule has 2 saturated heterocycles. The van der Waals surface area contributed by atoms with Gasteiger partial charge in [0.15, 0.2) is 11.6 Å². The molecule has 2 aromatic heterocycles. The van der Waals surface area contributed by atoms with Crippen molar-refractivity contribution in [1.82, 2.24) is 19.4 Å². The van der Waals surface area contributed by atoms with E-state index in [2.05, 4.69) is 20.8 Å². The zero-order chi connectivity index (χ0) is 50.6. The molecule has 6 rings (SSSR count). The van der Waals surface area contributed by atoms with Crippen LogP contribution in [-0.4, -0.2) is 89.9 Å². The Morgan fingerprint density at radius 2 is 1.07 bits per heavy atom. The van der Waals surface area contributed by atoms with E-state index < -0.39 is 73.0 Å². The van der Waals surface area contributed by atoms with Gasteiger partial charge in [-0.05, 0) is 95.7 Å². The molecule has 0 bridgehead atoms. The van der Waals surface area contributed by atoms with Gasteiger partial charge in [-0.15, -0.1) is 0 Å². The standard InChI is InChI=1S/C24H28N4O5S.C23H24F2N4O5S/c1-4-33-24(30)21-13-20(14-25)22(26-17(21)3)28-10-8-19(9-11-28)23(29)27-34(31,32)15-18-7-5-6-16(2)12-18;1-3-34-23(31)18-11-17(12-26)21(27-14(18)2)29-8-6-16(7-9-29)22(30)28-35(32,33)13-15-4-5-19(24)20(25)10-15/h5-7,12-13,19H,4,8-11,15H2,1-3H3,(H,27,29);4-5,10-11,16H,3,6-9,13H2,1-2H3,(H,28,30). The number of esters is 2. The van der Waals surface area contributed by atoms with E-state index in [0.29, 0.717) is 80.4 Å². The van der Waals surface area contributed by atoms with Crippen molar-refractivity contribution in [2.24, 2.45) is 11.8 Å². The van der Waals surface area contributed by atoms with Gasteiger partial charge in [0.05, 0.1) is 58.4 Å². The number of pyridine rings is 2. The van der Waals surface area contributed by atoms with Crippen molar-refractivity contribution in [3.63, 3.8) is 0 Å². The van der Waals surface area contributed by atoms with E-state index in [9.17, 15) is 55.3 Å². The monoisotopic (exact) mass is 990 g/mol. The number of piperidine rings is 2. The van der Waals surface area contributed by atoms with E-state index in [1.807, 2.05) is 28.7 Å². The van der Waals surface area contributed by atoms with Crippen molar-refractivity contribution in [2.75, 3.05) is 49.2 Å². The van der Waals surface area contributed by atoms with E-state index in [-0.39, 0.29) is 46.8 Å². The summed E-state index contributed by atoms with van der Waals surface area (Å²) in [6.45, 7) is 10.5. The van der Waals surface area contributed by atoms with E-state index in [1.165, 1.54) is 12.1 Å². The van der Waals surface area contributed by atoms with Crippen molar-refractivity contribution in [3.8, 4) is 12.1 Å².